The van der Waals surface area contributed by atoms with Crippen LogP contribution in [0.1, 0.15) is 35.3 Å². The molecule has 1 atom stereocenters. The number of carboxylic acids is 1. The first-order chi connectivity index (χ1) is 12.6. The second-order valence-electron chi connectivity index (χ2n) is 6.81. The molecule has 3 heterocycles. The number of piperidine rings is 1. The van der Waals surface area contributed by atoms with Crippen molar-refractivity contribution in [2.45, 2.75) is 31.8 Å². The predicted octanol–water partition coefficient (Wildman–Crippen LogP) is 0.577. The molecule has 0 aliphatic carbocycles. The van der Waals surface area contributed by atoms with Crippen molar-refractivity contribution >= 4 is 47.1 Å². The van der Waals surface area contributed by atoms with Gasteiger partial charge in [-0.1, -0.05) is 23.8 Å². The Morgan fingerprint density at radius 2 is 2.07 bits per heavy atom. The van der Waals surface area contributed by atoms with Gasteiger partial charge < -0.3 is 10.0 Å². The topological polar surface area (TPSA) is 91.6 Å². The molecule has 27 heavy (non-hydrogen) atoms. The Balaban J connectivity index is 0.00000210. The molecule has 0 spiro atoms. The first-order valence-corrected chi connectivity index (χ1v) is 8.89. The van der Waals surface area contributed by atoms with Gasteiger partial charge in [0.05, 0.1) is 18.8 Å². The molecule has 9 heteroatoms. The van der Waals surface area contributed by atoms with E-state index >= 15 is 0 Å². The number of carbonyl (C=O) groups is 2. The van der Waals surface area contributed by atoms with Gasteiger partial charge in [0, 0.05) is 18.8 Å². The molecule has 1 N–H and O–H groups in total. The minimum absolute atomic E-state index is 0. The van der Waals surface area contributed by atoms with Crippen molar-refractivity contribution in [3.8, 4) is 0 Å². The number of benzene rings is 1. The van der Waals surface area contributed by atoms with Crippen LogP contribution in [0.3, 0.4) is 0 Å². The first kappa shape index (κ1) is 20.0. The van der Waals surface area contributed by atoms with Crippen LogP contribution < -0.4 is 4.90 Å². The molecule has 1 amide bonds. The van der Waals surface area contributed by atoms with Gasteiger partial charge in [0.2, 0.25) is 5.91 Å². The van der Waals surface area contributed by atoms with Gasteiger partial charge >= 0.3 is 35.5 Å². The Morgan fingerprint density at radius 1 is 1.22 bits per heavy atom. The van der Waals surface area contributed by atoms with Crippen LogP contribution in [-0.2, 0) is 11.3 Å². The van der Waals surface area contributed by atoms with Crippen molar-refractivity contribution < 1.29 is 14.7 Å². The number of anilines is 1. The van der Waals surface area contributed by atoms with Crippen LogP contribution >= 0.6 is 0 Å². The number of nitrogens with zero attached hydrogens (tertiary/aromatic N) is 5. The number of hydrogen-bond donors (Lipinski definition) is 1. The zero-order valence-corrected chi connectivity index (χ0v) is 14.4. The molecule has 8 nitrogen and oxygen atoms in total. The van der Waals surface area contributed by atoms with Crippen molar-refractivity contribution in [2.75, 3.05) is 24.5 Å². The Labute approximate surface area is 179 Å². The average molecular weight is 379 g/mol. The summed E-state index contributed by atoms with van der Waals surface area (Å²) in [6, 6.07) is 7.78. The van der Waals surface area contributed by atoms with Crippen molar-refractivity contribution in [3.05, 3.63) is 41.7 Å². The summed E-state index contributed by atoms with van der Waals surface area (Å²) < 4.78 is 1.49. The fourth-order valence-electron chi connectivity index (χ4n) is 3.80. The summed E-state index contributed by atoms with van der Waals surface area (Å²) >= 11 is 0. The van der Waals surface area contributed by atoms with E-state index in [-0.39, 0.29) is 47.2 Å². The molecule has 1 aromatic carbocycles. The van der Waals surface area contributed by atoms with E-state index in [9.17, 15) is 9.59 Å². The molecule has 2 aliphatic rings. The number of aromatic nitrogens is 3. The van der Waals surface area contributed by atoms with E-state index in [1.54, 1.807) is 0 Å². The number of amides is 1. The van der Waals surface area contributed by atoms with Crippen molar-refractivity contribution in [2.24, 2.45) is 0 Å². The second-order valence-corrected chi connectivity index (χ2v) is 6.81. The van der Waals surface area contributed by atoms with Crippen LogP contribution in [0.25, 0.3) is 0 Å². The molecule has 1 unspecified atom stereocenters. The Morgan fingerprint density at radius 3 is 2.85 bits per heavy atom. The average Bonchev–Trinajstić information content (AvgIpc) is 3.11. The zero-order valence-electron chi connectivity index (χ0n) is 14.4. The van der Waals surface area contributed by atoms with Gasteiger partial charge in [-0.25, -0.2) is 9.48 Å². The summed E-state index contributed by atoms with van der Waals surface area (Å²) in [6.45, 7) is 3.03. The van der Waals surface area contributed by atoms with Gasteiger partial charge in [-0.2, -0.15) is 0 Å². The van der Waals surface area contributed by atoms with E-state index in [4.69, 9.17) is 5.11 Å². The van der Waals surface area contributed by atoms with E-state index in [1.165, 1.54) is 17.3 Å². The number of carboxylic acid groups (broad SMARTS) is 1. The van der Waals surface area contributed by atoms with Gasteiger partial charge in [-0.15, -0.1) is 5.10 Å². The van der Waals surface area contributed by atoms with E-state index < -0.39 is 5.97 Å². The van der Waals surface area contributed by atoms with Crippen molar-refractivity contribution in [3.63, 3.8) is 0 Å². The van der Waals surface area contributed by atoms with Crippen LogP contribution in [0.4, 0.5) is 5.69 Å². The first-order valence-electron chi connectivity index (χ1n) is 8.89. The molecule has 4 rings (SSSR count). The maximum atomic E-state index is 12.9. The Kier molecular flexibility index (Phi) is 6.31. The molecule has 2 aliphatic heterocycles. The number of fused-ring (bicyclic) bond motifs is 1. The van der Waals surface area contributed by atoms with Crippen LogP contribution in [0.5, 0.6) is 0 Å². The predicted molar refractivity (Wildman–Crippen MR) is 101 cm³/mol. The maximum absolute atomic E-state index is 12.9. The van der Waals surface area contributed by atoms with Crippen LogP contribution in [0, 0.1) is 0 Å². The van der Waals surface area contributed by atoms with E-state index in [0.717, 1.165) is 37.2 Å². The number of carbonyl (C=O) groups excluding carboxylic acids is 1. The fraction of sp³-hybridized carbons (Fsp3) is 0.444. The van der Waals surface area contributed by atoms with Crippen LogP contribution in [0.15, 0.2) is 30.5 Å². The molecule has 0 radical (unpaired) electrons. The van der Waals surface area contributed by atoms with Gasteiger partial charge in [0.1, 0.15) is 0 Å². The molecule has 2 fully saturated rings. The van der Waals surface area contributed by atoms with Crippen LogP contribution in [-0.4, -0.2) is 92.1 Å². The summed E-state index contributed by atoms with van der Waals surface area (Å²) in [5.74, 6) is -0.914. The third kappa shape index (κ3) is 4.24. The molecular weight excluding hydrogens is 357 g/mol. The van der Waals surface area contributed by atoms with E-state index in [1.807, 2.05) is 29.2 Å². The third-order valence-corrected chi connectivity index (χ3v) is 5.10. The van der Waals surface area contributed by atoms with Gasteiger partial charge in [-0.05, 0) is 37.1 Å². The molecule has 0 saturated carbocycles. The minimum atomic E-state index is -1.10. The third-order valence-electron chi connectivity index (χ3n) is 5.10. The molecule has 2 saturated heterocycles. The fourth-order valence-corrected chi connectivity index (χ4v) is 3.80. The SMILES string of the molecule is O=C(O)c1cn(Cc2cccc(N3CCN4CCCCC4C3=O)c2)nn1.[NaH]. The van der Waals surface area contributed by atoms with Crippen molar-refractivity contribution in [1.82, 2.24) is 19.9 Å². The summed E-state index contributed by atoms with van der Waals surface area (Å²) in [5, 5.41) is 16.4. The number of piperazine rings is 1. The summed E-state index contributed by atoms with van der Waals surface area (Å²) in [5.41, 5.74) is 1.75. The van der Waals surface area contributed by atoms with Crippen LogP contribution in [0.2, 0.25) is 0 Å². The molecule has 1 aromatic heterocycles. The zero-order chi connectivity index (χ0) is 18.1. The monoisotopic (exact) mass is 379 g/mol. The summed E-state index contributed by atoms with van der Waals surface area (Å²) in [4.78, 5) is 28.0. The summed E-state index contributed by atoms with van der Waals surface area (Å²) in [7, 11) is 0. The normalized spacial score (nSPS) is 20.1. The molecule has 0 bridgehead atoms. The number of hydrogen-bond acceptors (Lipinski definition) is 5. The van der Waals surface area contributed by atoms with E-state index in [0.29, 0.717) is 13.1 Å². The molecular formula is C18H22N5NaO3. The molecule has 138 valence electrons. The summed E-state index contributed by atoms with van der Waals surface area (Å²) in [6.07, 6.45) is 4.63. The molecule has 2 aromatic rings. The quantitative estimate of drug-likeness (QED) is 0.782. The number of aromatic carboxylic acids is 1. The van der Waals surface area contributed by atoms with Crippen molar-refractivity contribution in [1.29, 1.82) is 0 Å². The second kappa shape index (κ2) is 8.52. The Bertz CT molecular complexity index is 840. The number of rotatable bonds is 4. The van der Waals surface area contributed by atoms with Gasteiger partial charge in [0.15, 0.2) is 5.69 Å². The van der Waals surface area contributed by atoms with E-state index in [2.05, 4.69) is 15.2 Å². The van der Waals surface area contributed by atoms with Gasteiger partial charge in [-0.3, -0.25) is 9.69 Å². The van der Waals surface area contributed by atoms with Gasteiger partial charge in [0.25, 0.3) is 0 Å². The Hall–Kier alpha value is -1.74. The standard InChI is InChI=1S/C18H21N5O3.Na.H/c24-17-16-6-1-2-7-21(16)8-9-23(17)14-5-3-4-13(10-14)11-22-12-15(18(25)26)19-20-22;;/h3-5,10,12,16H,1-2,6-9,11H2,(H,25,26);;.